The Hall–Kier alpha value is -2.37. The third kappa shape index (κ3) is 5.31. The van der Waals surface area contributed by atoms with Crippen molar-refractivity contribution in [1.82, 2.24) is 10.3 Å². The molecule has 0 aliphatic heterocycles. The van der Waals surface area contributed by atoms with Crippen LogP contribution in [-0.2, 0) is 19.7 Å². The molecule has 0 saturated carbocycles. The van der Waals surface area contributed by atoms with Crippen LogP contribution in [0.5, 0.6) is 11.5 Å². The average molecular weight is 354 g/mol. The molecule has 0 fully saturated rings. The van der Waals surface area contributed by atoms with Gasteiger partial charge < -0.3 is 14.8 Å². The summed E-state index contributed by atoms with van der Waals surface area (Å²) in [5.41, 5.74) is 3.44. The minimum atomic E-state index is 0.513. The van der Waals surface area contributed by atoms with Crippen LogP contribution in [0.15, 0.2) is 53.9 Å². The van der Waals surface area contributed by atoms with E-state index in [4.69, 9.17) is 9.47 Å². The van der Waals surface area contributed by atoms with Crippen LogP contribution in [0.1, 0.15) is 21.8 Å². The molecule has 3 aromatic rings. The maximum absolute atomic E-state index is 5.77. The molecule has 4 nitrogen and oxygen atoms in total. The molecule has 1 heterocycles. The molecule has 0 aliphatic rings. The number of ether oxygens (including phenoxy) is 2. The zero-order valence-corrected chi connectivity index (χ0v) is 15.3. The number of nitrogens with one attached hydrogen (secondary N) is 1. The molecular formula is C20H22N2O2S. The van der Waals surface area contributed by atoms with E-state index in [1.54, 1.807) is 18.4 Å². The topological polar surface area (TPSA) is 43.4 Å². The predicted octanol–water partition coefficient (Wildman–Crippen LogP) is 4.33. The van der Waals surface area contributed by atoms with Gasteiger partial charge in [0, 0.05) is 18.5 Å². The predicted molar refractivity (Wildman–Crippen MR) is 101 cm³/mol. The lowest BCUT2D eigenvalue weighted by atomic mass is 10.2. The molecule has 0 spiro atoms. The van der Waals surface area contributed by atoms with Gasteiger partial charge in [-0.3, -0.25) is 0 Å². The normalized spacial score (nSPS) is 10.6. The largest absolute Gasteiger partial charge is 0.497 e. The summed E-state index contributed by atoms with van der Waals surface area (Å²) in [6.07, 6.45) is 0. The first kappa shape index (κ1) is 17.5. The number of aryl methyl sites for hydroxylation is 1. The van der Waals surface area contributed by atoms with Gasteiger partial charge in [0.15, 0.2) is 0 Å². The van der Waals surface area contributed by atoms with Crippen molar-refractivity contribution >= 4 is 11.3 Å². The lowest BCUT2D eigenvalue weighted by Gasteiger charge is -2.08. The summed E-state index contributed by atoms with van der Waals surface area (Å²) >= 11 is 1.64. The monoisotopic (exact) mass is 354 g/mol. The zero-order valence-electron chi connectivity index (χ0n) is 14.5. The van der Waals surface area contributed by atoms with Gasteiger partial charge in [-0.15, -0.1) is 11.3 Å². The van der Waals surface area contributed by atoms with E-state index in [2.05, 4.69) is 34.6 Å². The van der Waals surface area contributed by atoms with Gasteiger partial charge in [0.1, 0.15) is 18.1 Å². The Bertz CT molecular complexity index is 782. The van der Waals surface area contributed by atoms with E-state index >= 15 is 0 Å². The molecule has 130 valence electrons. The molecule has 0 bridgehead atoms. The molecule has 1 N–H and O–H groups in total. The van der Waals surface area contributed by atoms with Crippen LogP contribution < -0.4 is 14.8 Å². The number of hydrogen-bond acceptors (Lipinski definition) is 5. The Kier molecular flexibility index (Phi) is 6.04. The minimum absolute atomic E-state index is 0.513. The summed E-state index contributed by atoms with van der Waals surface area (Å²) in [6, 6.07) is 16.3. The molecule has 0 unspecified atom stereocenters. The minimum Gasteiger partial charge on any atom is -0.497 e. The highest BCUT2D eigenvalue weighted by atomic mass is 32.1. The first-order valence-corrected chi connectivity index (χ1v) is 9.07. The Morgan fingerprint density at radius 1 is 0.920 bits per heavy atom. The molecule has 5 heteroatoms. The van der Waals surface area contributed by atoms with Crippen molar-refractivity contribution in [2.45, 2.75) is 26.6 Å². The smallest absolute Gasteiger partial charge is 0.131 e. The van der Waals surface area contributed by atoms with Gasteiger partial charge in [-0.2, -0.15) is 0 Å². The highest BCUT2D eigenvalue weighted by molar-refractivity contribution is 7.09. The molecule has 1 aromatic heterocycles. The van der Waals surface area contributed by atoms with E-state index < -0.39 is 0 Å². The van der Waals surface area contributed by atoms with Crippen LogP contribution in [-0.4, -0.2) is 12.1 Å². The zero-order chi connectivity index (χ0) is 17.5. The maximum atomic E-state index is 5.77. The Morgan fingerprint density at radius 3 is 2.04 bits per heavy atom. The Morgan fingerprint density at radius 2 is 1.52 bits per heavy atom. The van der Waals surface area contributed by atoms with Crippen LogP contribution in [0, 0.1) is 6.92 Å². The van der Waals surface area contributed by atoms with Crippen molar-refractivity contribution in [1.29, 1.82) is 0 Å². The molecule has 2 aromatic carbocycles. The van der Waals surface area contributed by atoms with E-state index in [0.717, 1.165) is 35.3 Å². The summed E-state index contributed by atoms with van der Waals surface area (Å²) in [5.74, 6) is 1.75. The van der Waals surface area contributed by atoms with Crippen molar-refractivity contribution in [2.75, 3.05) is 7.11 Å². The van der Waals surface area contributed by atoms with Crippen LogP contribution in [0.4, 0.5) is 0 Å². The molecule has 0 saturated heterocycles. The van der Waals surface area contributed by atoms with Crippen molar-refractivity contribution in [3.05, 3.63) is 75.7 Å². The fourth-order valence-electron chi connectivity index (χ4n) is 2.43. The summed E-state index contributed by atoms with van der Waals surface area (Å²) in [7, 11) is 1.68. The average Bonchev–Trinajstić information content (AvgIpc) is 3.07. The maximum Gasteiger partial charge on any atom is 0.131 e. The Balaban J connectivity index is 1.43. The number of benzene rings is 2. The fourth-order valence-corrected chi connectivity index (χ4v) is 3.03. The highest BCUT2D eigenvalue weighted by Crippen LogP contribution is 2.16. The first-order chi connectivity index (χ1) is 12.2. The number of rotatable bonds is 8. The first-order valence-electron chi connectivity index (χ1n) is 8.19. The van der Waals surface area contributed by atoms with Crippen LogP contribution in [0.2, 0.25) is 0 Å². The van der Waals surface area contributed by atoms with Crippen molar-refractivity contribution in [3.8, 4) is 11.5 Å². The van der Waals surface area contributed by atoms with Crippen LogP contribution in [0.3, 0.4) is 0 Å². The molecule has 0 aliphatic carbocycles. The van der Waals surface area contributed by atoms with E-state index in [1.165, 1.54) is 11.1 Å². The Labute approximate surface area is 152 Å². The summed E-state index contributed by atoms with van der Waals surface area (Å²) in [6.45, 7) is 4.16. The number of hydrogen-bond donors (Lipinski definition) is 1. The molecule has 0 radical (unpaired) electrons. The third-order valence-electron chi connectivity index (χ3n) is 3.79. The van der Waals surface area contributed by atoms with E-state index in [0.29, 0.717) is 6.61 Å². The second kappa shape index (κ2) is 8.65. The van der Waals surface area contributed by atoms with E-state index in [9.17, 15) is 0 Å². The summed E-state index contributed by atoms with van der Waals surface area (Å²) < 4.78 is 10.9. The van der Waals surface area contributed by atoms with E-state index in [1.807, 2.05) is 36.6 Å². The summed E-state index contributed by atoms with van der Waals surface area (Å²) in [4.78, 5) is 4.40. The number of nitrogens with zero attached hydrogens (tertiary/aromatic N) is 1. The van der Waals surface area contributed by atoms with Gasteiger partial charge in [0.2, 0.25) is 0 Å². The number of methoxy groups -OCH3 is 1. The lowest BCUT2D eigenvalue weighted by molar-refractivity contribution is 0.302. The highest BCUT2D eigenvalue weighted by Gasteiger charge is 2.01. The fraction of sp³-hybridized carbons (Fsp3) is 0.250. The van der Waals surface area contributed by atoms with E-state index in [-0.39, 0.29) is 0 Å². The second-order valence-electron chi connectivity index (χ2n) is 5.74. The summed E-state index contributed by atoms with van der Waals surface area (Å²) in [5, 5.41) is 6.55. The molecule has 25 heavy (non-hydrogen) atoms. The number of thiazole rings is 1. The third-order valence-corrected chi connectivity index (χ3v) is 4.62. The van der Waals surface area contributed by atoms with Crippen LogP contribution in [0.25, 0.3) is 0 Å². The van der Waals surface area contributed by atoms with Gasteiger partial charge in [-0.1, -0.05) is 24.3 Å². The second-order valence-corrected chi connectivity index (χ2v) is 6.80. The molecule has 0 atom stereocenters. The molecular weight excluding hydrogens is 332 g/mol. The number of aromatic nitrogens is 1. The quantitative estimate of drug-likeness (QED) is 0.654. The van der Waals surface area contributed by atoms with Crippen molar-refractivity contribution in [2.24, 2.45) is 0 Å². The van der Waals surface area contributed by atoms with Crippen molar-refractivity contribution in [3.63, 3.8) is 0 Å². The van der Waals surface area contributed by atoms with Crippen LogP contribution >= 0.6 is 11.3 Å². The van der Waals surface area contributed by atoms with Gasteiger partial charge in [0.25, 0.3) is 0 Å². The van der Waals surface area contributed by atoms with Gasteiger partial charge in [-0.05, 0) is 42.3 Å². The van der Waals surface area contributed by atoms with Gasteiger partial charge in [0.05, 0.1) is 17.8 Å². The standard InChI is InChI=1S/C20H22N2O2S/c1-15-22-18(14-25-15)13-24-20-9-5-17(6-10-20)12-21-11-16-3-7-19(23-2)8-4-16/h3-10,14,21H,11-13H2,1-2H3. The molecule has 0 amide bonds. The lowest BCUT2D eigenvalue weighted by Crippen LogP contribution is -2.12. The van der Waals surface area contributed by atoms with Crippen molar-refractivity contribution < 1.29 is 9.47 Å². The SMILES string of the molecule is COc1ccc(CNCc2ccc(OCc3csc(C)n3)cc2)cc1. The molecule has 3 rings (SSSR count). The van der Waals surface area contributed by atoms with Gasteiger partial charge in [-0.25, -0.2) is 4.98 Å². The van der Waals surface area contributed by atoms with Gasteiger partial charge >= 0.3 is 0 Å².